The summed E-state index contributed by atoms with van der Waals surface area (Å²) in [6.45, 7) is 7.74. The first-order valence-corrected chi connectivity index (χ1v) is 10.8. The Hall–Kier alpha value is -2.03. The molecule has 0 bridgehead atoms. The van der Waals surface area contributed by atoms with Crippen molar-refractivity contribution >= 4 is 26.7 Å². The van der Waals surface area contributed by atoms with Crippen molar-refractivity contribution in [2.75, 3.05) is 26.8 Å². The first-order valence-electron chi connectivity index (χ1n) is 9.33. The lowest BCUT2D eigenvalue weighted by Crippen LogP contribution is -2.49. The molecule has 0 radical (unpaired) electrons. The number of aromatic nitrogens is 1. The summed E-state index contributed by atoms with van der Waals surface area (Å²) in [5.41, 5.74) is 0. The number of fused-ring (bicyclic) bond motifs is 1. The zero-order valence-corrected chi connectivity index (χ0v) is 17.9. The number of hydrogen-bond acceptors (Lipinski definition) is 5. The van der Waals surface area contributed by atoms with Crippen LogP contribution < -0.4 is 0 Å². The molecule has 0 atom stereocenters. The maximum absolute atomic E-state index is 13.4. The molecule has 1 amide bonds. The third kappa shape index (κ3) is 4.87. The zero-order valence-electron chi connectivity index (χ0n) is 17.1. The molecular formula is C20H29N3O4S. The van der Waals surface area contributed by atoms with E-state index in [1.165, 1.54) is 11.4 Å². The summed E-state index contributed by atoms with van der Waals surface area (Å²) in [5, 5.41) is 1.31. The van der Waals surface area contributed by atoms with Crippen LogP contribution in [0.25, 0.3) is 10.8 Å². The highest BCUT2D eigenvalue weighted by Gasteiger charge is 2.31. The van der Waals surface area contributed by atoms with Crippen molar-refractivity contribution in [3.05, 3.63) is 36.7 Å². The number of hydrogen-bond donors (Lipinski definition) is 0. The smallest absolute Gasteiger partial charge is 0.244 e. The van der Waals surface area contributed by atoms with Gasteiger partial charge in [-0.3, -0.25) is 9.78 Å². The normalized spacial score (nSPS) is 12.3. The Kier molecular flexibility index (Phi) is 7.51. The molecule has 1 aromatic heterocycles. The molecule has 7 nitrogen and oxygen atoms in total. The summed E-state index contributed by atoms with van der Waals surface area (Å²) in [6.07, 6.45) is 3.18. The molecule has 0 saturated carbocycles. The number of carbonyl (C=O) groups is 1. The Morgan fingerprint density at radius 2 is 1.82 bits per heavy atom. The number of rotatable bonds is 9. The average Bonchev–Trinajstić information content (AvgIpc) is 2.63. The number of ether oxygens (including phenoxy) is 1. The minimum Gasteiger partial charge on any atom is -0.383 e. The zero-order chi connectivity index (χ0) is 20.9. The van der Waals surface area contributed by atoms with Gasteiger partial charge in [0.2, 0.25) is 15.9 Å². The Balaban J connectivity index is 2.44. The van der Waals surface area contributed by atoms with Crippen LogP contribution in [0.2, 0.25) is 0 Å². The Morgan fingerprint density at radius 1 is 1.14 bits per heavy atom. The summed E-state index contributed by atoms with van der Waals surface area (Å²) in [4.78, 5) is 18.8. The first kappa shape index (κ1) is 22.3. The maximum atomic E-state index is 13.4. The van der Waals surface area contributed by atoms with Crippen molar-refractivity contribution in [3.8, 4) is 0 Å². The molecule has 154 valence electrons. The molecule has 2 rings (SSSR count). The second-order valence-electron chi connectivity index (χ2n) is 7.17. The van der Waals surface area contributed by atoms with Crippen molar-refractivity contribution < 1.29 is 17.9 Å². The van der Waals surface area contributed by atoms with Crippen LogP contribution in [0.5, 0.6) is 0 Å². The molecule has 1 aromatic carbocycles. The quantitative estimate of drug-likeness (QED) is 0.638. The lowest BCUT2D eigenvalue weighted by Gasteiger charge is -2.33. The van der Waals surface area contributed by atoms with Gasteiger partial charge in [0, 0.05) is 48.9 Å². The van der Waals surface area contributed by atoms with Gasteiger partial charge in [-0.1, -0.05) is 12.1 Å². The average molecular weight is 408 g/mol. The monoisotopic (exact) mass is 407 g/mol. The summed E-state index contributed by atoms with van der Waals surface area (Å²) in [6, 6.07) is 6.68. The van der Waals surface area contributed by atoms with Crippen molar-refractivity contribution in [2.45, 2.75) is 44.7 Å². The van der Waals surface area contributed by atoms with E-state index in [1.807, 2.05) is 33.8 Å². The fourth-order valence-corrected chi connectivity index (χ4v) is 4.93. The predicted molar refractivity (Wildman–Crippen MR) is 109 cm³/mol. The minimum absolute atomic E-state index is 0.0249. The predicted octanol–water partition coefficient (Wildman–Crippen LogP) is 2.52. The van der Waals surface area contributed by atoms with Crippen molar-refractivity contribution in [1.82, 2.24) is 14.2 Å². The van der Waals surface area contributed by atoms with E-state index in [9.17, 15) is 13.2 Å². The van der Waals surface area contributed by atoms with Gasteiger partial charge in [-0.05, 0) is 39.8 Å². The summed E-state index contributed by atoms with van der Waals surface area (Å²) >= 11 is 0. The third-order valence-electron chi connectivity index (χ3n) is 4.52. The molecule has 0 aliphatic rings. The Labute approximate surface area is 167 Å². The first-order chi connectivity index (χ1) is 13.2. The fourth-order valence-electron chi connectivity index (χ4n) is 3.34. The molecular weight excluding hydrogens is 378 g/mol. The van der Waals surface area contributed by atoms with Crippen LogP contribution in [-0.4, -0.2) is 67.4 Å². The van der Waals surface area contributed by atoms with Gasteiger partial charge in [0.25, 0.3) is 0 Å². The Bertz CT molecular complexity index is 899. The largest absolute Gasteiger partial charge is 0.383 e. The number of nitrogens with zero attached hydrogens (tertiary/aromatic N) is 3. The number of sulfonamides is 1. The van der Waals surface area contributed by atoms with E-state index in [-0.39, 0.29) is 42.6 Å². The highest BCUT2D eigenvalue weighted by atomic mass is 32.2. The highest BCUT2D eigenvalue weighted by Crippen LogP contribution is 2.25. The molecule has 0 N–H and O–H groups in total. The molecule has 0 aliphatic carbocycles. The van der Waals surface area contributed by atoms with Crippen LogP contribution >= 0.6 is 0 Å². The number of pyridine rings is 1. The molecule has 0 fully saturated rings. The highest BCUT2D eigenvalue weighted by molar-refractivity contribution is 7.89. The van der Waals surface area contributed by atoms with Gasteiger partial charge in [-0.15, -0.1) is 0 Å². The van der Waals surface area contributed by atoms with Gasteiger partial charge in [0.1, 0.15) is 0 Å². The molecule has 0 spiro atoms. The lowest BCUT2D eigenvalue weighted by molar-refractivity contribution is -0.135. The number of methoxy groups -OCH3 is 1. The summed E-state index contributed by atoms with van der Waals surface area (Å²) in [5.74, 6) is -0.230. The molecule has 2 aromatic rings. The molecule has 28 heavy (non-hydrogen) atoms. The van der Waals surface area contributed by atoms with Gasteiger partial charge in [0.05, 0.1) is 18.0 Å². The fraction of sp³-hybridized carbons (Fsp3) is 0.500. The van der Waals surface area contributed by atoms with E-state index in [4.69, 9.17) is 4.74 Å². The molecule has 8 heteroatoms. The van der Waals surface area contributed by atoms with Crippen molar-refractivity contribution in [1.29, 1.82) is 0 Å². The van der Waals surface area contributed by atoms with E-state index in [0.717, 1.165) is 5.39 Å². The minimum atomic E-state index is -3.90. The molecule has 1 heterocycles. The number of carbonyl (C=O) groups excluding carboxylic acids is 1. The van der Waals surface area contributed by atoms with E-state index in [1.54, 1.807) is 35.5 Å². The van der Waals surface area contributed by atoms with Crippen LogP contribution in [-0.2, 0) is 19.6 Å². The van der Waals surface area contributed by atoms with Gasteiger partial charge in [0.15, 0.2) is 0 Å². The summed E-state index contributed by atoms with van der Waals surface area (Å²) in [7, 11) is -2.40. The third-order valence-corrected chi connectivity index (χ3v) is 6.42. The number of amides is 1. The second-order valence-corrected chi connectivity index (χ2v) is 9.08. The Morgan fingerprint density at radius 3 is 2.43 bits per heavy atom. The van der Waals surface area contributed by atoms with Gasteiger partial charge < -0.3 is 9.64 Å². The van der Waals surface area contributed by atoms with E-state index in [0.29, 0.717) is 5.39 Å². The van der Waals surface area contributed by atoms with Crippen molar-refractivity contribution in [2.24, 2.45) is 0 Å². The molecule has 0 aliphatic heterocycles. The molecule has 0 saturated heterocycles. The lowest BCUT2D eigenvalue weighted by atomic mass is 10.2. The number of benzene rings is 1. The second kappa shape index (κ2) is 9.45. The SMILES string of the molecule is COCCN(CC(=O)N(C(C)C)C(C)C)S(=O)(=O)c1cccc2cnccc12. The van der Waals surface area contributed by atoms with Gasteiger partial charge >= 0.3 is 0 Å². The topological polar surface area (TPSA) is 79.8 Å². The van der Waals surface area contributed by atoms with Crippen LogP contribution in [0.15, 0.2) is 41.6 Å². The van der Waals surface area contributed by atoms with E-state index < -0.39 is 10.0 Å². The van der Waals surface area contributed by atoms with Crippen LogP contribution in [0.1, 0.15) is 27.7 Å². The van der Waals surface area contributed by atoms with Gasteiger partial charge in [-0.25, -0.2) is 8.42 Å². The standard InChI is InChI=1S/C20H29N3O4S/c1-15(2)23(16(3)4)20(24)14-22(11-12-27-5)28(25,26)19-8-6-7-17-13-21-10-9-18(17)19/h6-10,13,15-16H,11-12,14H2,1-5H3. The summed E-state index contributed by atoms with van der Waals surface area (Å²) < 4.78 is 33.1. The van der Waals surface area contributed by atoms with Crippen LogP contribution in [0.4, 0.5) is 0 Å². The van der Waals surface area contributed by atoms with Crippen molar-refractivity contribution in [3.63, 3.8) is 0 Å². The molecule has 0 unspecified atom stereocenters. The van der Waals surface area contributed by atoms with E-state index >= 15 is 0 Å². The van der Waals surface area contributed by atoms with E-state index in [2.05, 4.69) is 4.98 Å². The van der Waals surface area contributed by atoms with Crippen LogP contribution in [0, 0.1) is 0 Å². The maximum Gasteiger partial charge on any atom is 0.244 e. The van der Waals surface area contributed by atoms with Gasteiger partial charge in [-0.2, -0.15) is 4.31 Å². The van der Waals surface area contributed by atoms with Crippen LogP contribution in [0.3, 0.4) is 0 Å².